The minimum atomic E-state index is -1.18. The summed E-state index contributed by atoms with van der Waals surface area (Å²) in [6.45, 7) is 19.2. The molecule has 0 amide bonds. The van der Waals surface area contributed by atoms with E-state index in [1.807, 2.05) is 32.9 Å². The molecule has 4 fully saturated rings. The van der Waals surface area contributed by atoms with Gasteiger partial charge in [0.2, 0.25) is 5.82 Å². The molecule has 0 aliphatic heterocycles. The molecular weight excluding hydrogens is 1260 g/mol. The van der Waals surface area contributed by atoms with E-state index < -0.39 is 52.5 Å². The number of carbonyl (C=O) groups is 3. The Labute approximate surface area is 589 Å². The molecule has 524 valence electrons. The molecule has 0 spiro atoms. The smallest absolute Gasteiger partial charge is 0.346 e. The minimum Gasteiger partial charge on any atom is -0.423 e. The molecule has 0 heterocycles. The summed E-state index contributed by atoms with van der Waals surface area (Å²) in [5.74, 6) is -1.68. The van der Waals surface area contributed by atoms with Gasteiger partial charge < -0.3 is 14.2 Å². The van der Waals surface area contributed by atoms with E-state index in [1.54, 1.807) is 79.7 Å². The highest BCUT2D eigenvalue weighted by Gasteiger charge is 2.44. The Morgan fingerprint density at radius 2 is 0.830 bits per heavy atom. The van der Waals surface area contributed by atoms with Gasteiger partial charge in [0.15, 0.2) is 23.2 Å². The number of hydrogen-bond donors (Lipinski definition) is 0. The Morgan fingerprint density at radius 3 is 1.33 bits per heavy atom. The largest absolute Gasteiger partial charge is 0.423 e. The number of ether oxygens (including phenoxy) is 3. The van der Waals surface area contributed by atoms with Crippen LogP contribution < -0.4 is 14.2 Å². The highest BCUT2D eigenvalue weighted by molar-refractivity contribution is 5.92. The predicted molar refractivity (Wildman–Crippen MR) is 386 cm³/mol. The summed E-state index contributed by atoms with van der Waals surface area (Å²) < 4.78 is 82.1. The summed E-state index contributed by atoms with van der Waals surface area (Å²) in [7, 11) is 0. The number of nitrogens with zero attached hydrogens (tertiary/aromatic N) is 2. The fraction of sp³-hybridized carbons (Fsp3) is 0.391. The van der Waals surface area contributed by atoms with E-state index >= 15 is 0 Å². The van der Waals surface area contributed by atoms with E-state index in [1.165, 1.54) is 143 Å². The van der Waals surface area contributed by atoms with Crippen molar-refractivity contribution in [2.24, 2.45) is 40.4 Å². The number of carbonyl (C=O) groups excluding carboxylic acids is 3. The highest BCUT2D eigenvalue weighted by Crippen LogP contribution is 2.52. The van der Waals surface area contributed by atoms with Gasteiger partial charge in [-0.25, -0.2) is 31.9 Å². The summed E-state index contributed by atoms with van der Waals surface area (Å²) in [6.07, 6.45) is 20.6. The molecule has 0 unspecified atom stereocenters. The van der Waals surface area contributed by atoms with Crippen LogP contribution in [0.3, 0.4) is 0 Å². The van der Waals surface area contributed by atoms with Gasteiger partial charge in [-0.15, -0.1) is 0 Å². The fourth-order valence-electron chi connectivity index (χ4n) is 13.8. The van der Waals surface area contributed by atoms with Crippen molar-refractivity contribution in [1.29, 1.82) is 10.5 Å². The van der Waals surface area contributed by atoms with E-state index in [4.69, 9.17) is 14.2 Å². The molecule has 4 aliphatic rings. The Morgan fingerprint density at radius 1 is 0.410 bits per heavy atom. The van der Waals surface area contributed by atoms with Gasteiger partial charge in [-0.3, -0.25) is 0 Å². The standard InChI is InChI=1S/C21H35N.C21H23N.2C15H12F2O2.C15H13FO2/c1-16-3-7-18(8-4-16)19-11-13-21(15-22,14-12-19)20-9-5-17(2)6-10-20;1-16-3-5-17(6-4-16)18-7-9-19(10-8-18)20-11-13-21(2,15-22)14-12-20;1-9-3-6-11(7-4-9)19-15(18)12-8-5-10(2)13(16)14(12)17;1-9-3-6-11(7-4-9)15(18)19-12-8-5-10(2)13(16)14(12)17;1-10-3-6-12(7-4-10)15(17)18-13-8-5-11(2)14(16)9-13/h16-20H,3-14H2,1-2H3;3-10,20H,11-14H2,1-2H3;2*3-8H,1-2H3;3-9H,1-2H3. The van der Waals surface area contributed by atoms with Gasteiger partial charge in [-0.05, 0) is 256 Å². The number of aryl methyl sites for hydroxylation is 7. The second kappa shape index (κ2) is 35.7. The van der Waals surface area contributed by atoms with Crippen LogP contribution in [-0.4, -0.2) is 17.9 Å². The lowest BCUT2D eigenvalue weighted by Crippen LogP contribution is -2.37. The summed E-state index contributed by atoms with van der Waals surface area (Å²) in [4.78, 5) is 35.3. The van der Waals surface area contributed by atoms with Crippen LogP contribution >= 0.6 is 0 Å². The Balaban J connectivity index is 0.000000159. The van der Waals surface area contributed by atoms with Crippen LogP contribution in [0.25, 0.3) is 11.1 Å². The van der Waals surface area contributed by atoms with Crippen LogP contribution in [0.4, 0.5) is 22.0 Å². The van der Waals surface area contributed by atoms with Crippen molar-refractivity contribution < 1.29 is 50.5 Å². The molecule has 4 saturated carbocycles. The van der Waals surface area contributed by atoms with Crippen molar-refractivity contribution in [2.45, 2.75) is 178 Å². The summed E-state index contributed by atoms with van der Waals surface area (Å²) in [5.41, 5.74) is 9.43. The van der Waals surface area contributed by atoms with Crippen molar-refractivity contribution in [1.82, 2.24) is 0 Å². The van der Waals surface area contributed by atoms with Crippen molar-refractivity contribution in [3.8, 4) is 40.5 Å². The number of nitriles is 2. The molecule has 0 N–H and O–H groups in total. The van der Waals surface area contributed by atoms with Crippen LogP contribution in [0.15, 0.2) is 164 Å². The topological polar surface area (TPSA) is 126 Å². The second-order valence-electron chi connectivity index (χ2n) is 28.7. The van der Waals surface area contributed by atoms with E-state index in [2.05, 4.69) is 88.4 Å². The fourth-order valence-corrected chi connectivity index (χ4v) is 13.8. The molecule has 0 aromatic heterocycles. The highest BCUT2D eigenvalue weighted by atomic mass is 19.2. The summed E-state index contributed by atoms with van der Waals surface area (Å²) in [6, 6.07) is 52.9. The van der Waals surface area contributed by atoms with Gasteiger partial charge in [0.25, 0.3) is 0 Å². The first-order valence-corrected chi connectivity index (χ1v) is 35.3. The number of halogens is 5. The van der Waals surface area contributed by atoms with Crippen LogP contribution in [0.2, 0.25) is 0 Å². The first-order valence-electron chi connectivity index (χ1n) is 35.3. The molecule has 0 radical (unpaired) electrons. The first kappa shape index (κ1) is 76.6. The molecule has 0 bridgehead atoms. The Bertz CT molecular complexity index is 4110. The molecule has 13 heteroatoms. The minimum absolute atomic E-state index is 0.0542. The van der Waals surface area contributed by atoms with Gasteiger partial charge >= 0.3 is 17.9 Å². The number of rotatable bonds is 10. The SMILES string of the molecule is CC1CCC(C2CCC(C#N)(C3CCC(C)CC3)CC2)CC1.Cc1ccc(-c2ccc(C3CCC(C)(C#N)CC3)cc2)cc1.Cc1ccc(C(=O)Oc2ccc(C)c(F)c2)cc1.Cc1ccc(C(=O)Oc2ccc(C)c(F)c2F)cc1.Cc1ccc(OC(=O)c2ccc(C)c(F)c2F)cc1. The molecule has 100 heavy (non-hydrogen) atoms. The maximum Gasteiger partial charge on any atom is 0.346 e. The molecular formula is C87H95F5N2O6. The lowest BCUT2D eigenvalue weighted by molar-refractivity contribution is 0.0641. The Hall–Kier alpha value is -9.20. The summed E-state index contributed by atoms with van der Waals surface area (Å²) in [5, 5.41) is 19.2. The lowest BCUT2D eigenvalue weighted by atomic mass is 9.58. The zero-order chi connectivity index (χ0) is 72.3. The van der Waals surface area contributed by atoms with E-state index in [0.29, 0.717) is 23.0 Å². The van der Waals surface area contributed by atoms with E-state index in [0.717, 1.165) is 66.0 Å². The third-order valence-corrected chi connectivity index (χ3v) is 20.9. The van der Waals surface area contributed by atoms with Crippen LogP contribution in [0.1, 0.15) is 205 Å². The molecule has 4 aliphatic carbocycles. The summed E-state index contributed by atoms with van der Waals surface area (Å²) >= 11 is 0. The molecule has 12 rings (SSSR count). The third-order valence-electron chi connectivity index (χ3n) is 20.9. The molecule has 8 aromatic rings. The number of esters is 3. The van der Waals surface area contributed by atoms with E-state index in [9.17, 15) is 46.9 Å². The van der Waals surface area contributed by atoms with E-state index in [-0.39, 0.29) is 44.8 Å². The third kappa shape index (κ3) is 21.2. The molecule has 0 atom stereocenters. The first-order chi connectivity index (χ1) is 47.8. The lowest BCUT2D eigenvalue weighted by Gasteiger charge is -2.45. The normalized spacial score (nSPS) is 21.5. The van der Waals surface area contributed by atoms with Crippen LogP contribution in [0, 0.1) is 141 Å². The predicted octanol–water partition coefficient (Wildman–Crippen LogP) is 23.5. The average Bonchev–Trinajstić information content (AvgIpc) is 0.797. The van der Waals surface area contributed by atoms with Gasteiger partial charge in [0, 0.05) is 6.07 Å². The maximum atomic E-state index is 13.6. The molecule has 8 nitrogen and oxygen atoms in total. The zero-order valence-corrected chi connectivity index (χ0v) is 59.6. The quantitative estimate of drug-likeness (QED) is 0.0753. The molecule has 0 saturated heterocycles. The average molecular weight is 1360 g/mol. The number of benzene rings is 8. The van der Waals surface area contributed by atoms with Gasteiger partial charge in [0.05, 0.1) is 39.7 Å². The Kier molecular flexibility index (Phi) is 27.3. The van der Waals surface area contributed by atoms with Crippen LogP contribution in [0.5, 0.6) is 17.2 Å². The maximum absolute atomic E-state index is 13.6. The van der Waals surface area contributed by atoms with Crippen molar-refractivity contribution in [3.63, 3.8) is 0 Å². The van der Waals surface area contributed by atoms with Crippen molar-refractivity contribution in [2.75, 3.05) is 0 Å². The number of hydrogen-bond acceptors (Lipinski definition) is 8. The van der Waals surface area contributed by atoms with Gasteiger partial charge in [0.1, 0.15) is 17.3 Å². The van der Waals surface area contributed by atoms with Crippen molar-refractivity contribution in [3.05, 3.63) is 254 Å². The van der Waals surface area contributed by atoms with Gasteiger partial charge in [-0.2, -0.15) is 14.9 Å². The monoisotopic (exact) mass is 1360 g/mol. The molecule has 8 aromatic carbocycles. The van der Waals surface area contributed by atoms with Gasteiger partial charge in [-0.1, -0.05) is 165 Å². The zero-order valence-electron chi connectivity index (χ0n) is 59.6. The van der Waals surface area contributed by atoms with Crippen molar-refractivity contribution >= 4 is 17.9 Å². The van der Waals surface area contributed by atoms with Crippen LogP contribution in [-0.2, 0) is 0 Å². The second-order valence-corrected chi connectivity index (χ2v) is 28.7.